The molecule has 1 heterocycles. The number of nitrogens with zero attached hydrogens (tertiary/aromatic N) is 1. The second-order valence-corrected chi connectivity index (χ2v) is 8.38. The van der Waals surface area contributed by atoms with Crippen molar-refractivity contribution in [2.45, 2.75) is 66.5 Å². The Morgan fingerprint density at radius 2 is 1.90 bits per heavy atom. The molecule has 0 aromatic heterocycles. The van der Waals surface area contributed by atoms with Crippen molar-refractivity contribution in [1.29, 1.82) is 0 Å². The first-order valence-corrected chi connectivity index (χ1v) is 8.71. The van der Waals surface area contributed by atoms with Crippen LogP contribution in [0.25, 0.3) is 0 Å². The lowest BCUT2D eigenvalue weighted by atomic mass is 9.86. The molecule has 2 atom stereocenters. The summed E-state index contributed by atoms with van der Waals surface area (Å²) in [6.45, 7) is 18.5. The van der Waals surface area contributed by atoms with Crippen LogP contribution in [-0.2, 0) is 4.74 Å². The molecule has 1 aliphatic heterocycles. The maximum Gasteiger partial charge on any atom is 0.0467 e. The summed E-state index contributed by atoms with van der Waals surface area (Å²) in [6, 6.07) is 1.31. The van der Waals surface area contributed by atoms with E-state index in [1.165, 1.54) is 19.5 Å². The predicted octanol–water partition coefficient (Wildman–Crippen LogP) is 3.39. The zero-order valence-corrected chi connectivity index (χ0v) is 15.4. The van der Waals surface area contributed by atoms with Gasteiger partial charge in [0.2, 0.25) is 0 Å². The van der Waals surface area contributed by atoms with Crippen LogP contribution in [0.3, 0.4) is 0 Å². The van der Waals surface area contributed by atoms with E-state index in [-0.39, 0.29) is 0 Å². The minimum absolute atomic E-state index is 0.322. The Kier molecular flexibility index (Phi) is 7.66. The first kappa shape index (κ1) is 18.9. The van der Waals surface area contributed by atoms with Crippen molar-refractivity contribution in [3.63, 3.8) is 0 Å². The van der Waals surface area contributed by atoms with E-state index in [4.69, 9.17) is 4.74 Å². The van der Waals surface area contributed by atoms with Crippen LogP contribution in [0, 0.1) is 17.3 Å². The molecule has 1 N–H and O–H groups in total. The molecule has 0 bridgehead atoms. The normalized spacial score (nSPS) is 25.0. The fourth-order valence-corrected chi connectivity index (χ4v) is 3.47. The van der Waals surface area contributed by atoms with E-state index in [1.807, 2.05) is 0 Å². The van der Waals surface area contributed by atoms with Gasteiger partial charge in [-0.25, -0.2) is 0 Å². The summed E-state index contributed by atoms with van der Waals surface area (Å²) in [7, 11) is 1.80. The SMILES string of the molecule is COCCC(C)(C)CN1CC(CC(C)C)NCC1C(C)C. The molecule has 3 heteroatoms. The number of methoxy groups -OCH3 is 1. The highest BCUT2D eigenvalue weighted by atomic mass is 16.5. The molecule has 0 spiro atoms. The van der Waals surface area contributed by atoms with E-state index in [9.17, 15) is 0 Å². The van der Waals surface area contributed by atoms with Crippen molar-refractivity contribution in [1.82, 2.24) is 10.2 Å². The monoisotopic (exact) mass is 298 g/mol. The first-order valence-electron chi connectivity index (χ1n) is 8.71. The predicted molar refractivity (Wildman–Crippen MR) is 91.7 cm³/mol. The Bertz CT molecular complexity index is 289. The van der Waals surface area contributed by atoms with Crippen LogP contribution >= 0.6 is 0 Å². The third-order valence-electron chi connectivity index (χ3n) is 4.68. The average Bonchev–Trinajstić information content (AvgIpc) is 2.35. The summed E-state index contributed by atoms with van der Waals surface area (Å²) in [4.78, 5) is 2.74. The Balaban J connectivity index is 2.66. The number of nitrogens with one attached hydrogen (secondary N) is 1. The lowest BCUT2D eigenvalue weighted by Gasteiger charge is -2.46. The van der Waals surface area contributed by atoms with Crippen LogP contribution in [-0.4, -0.2) is 50.3 Å². The van der Waals surface area contributed by atoms with Crippen LogP contribution in [0.4, 0.5) is 0 Å². The maximum atomic E-state index is 5.28. The second kappa shape index (κ2) is 8.50. The van der Waals surface area contributed by atoms with E-state index in [2.05, 4.69) is 51.8 Å². The third-order valence-corrected chi connectivity index (χ3v) is 4.68. The first-order chi connectivity index (χ1) is 9.75. The largest absolute Gasteiger partial charge is 0.385 e. The highest BCUT2D eigenvalue weighted by molar-refractivity contribution is 4.90. The van der Waals surface area contributed by atoms with Crippen LogP contribution in [0.15, 0.2) is 0 Å². The molecule has 1 aliphatic rings. The van der Waals surface area contributed by atoms with Crippen LogP contribution < -0.4 is 5.32 Å². The van der Waals surface area contributed by atoms with E-state index >= 15 is 0 Å². The van der Waals surface area contributed by atoms with Gasteiger partial charge in [-0.05, 0) is 30.1 Å². The van der Waals surface area contributed by atoms with Crippen molar-refractivity contribution < 1.29 is 4.74 Å². The van der Waals surface area contributed by atoms with E-state index in [0.717, 1.165) is 25.5 Å². The summed E-state index contributed by atoms with van der Waals surface area (Å²) in [6.07, 6.45) is 2.41. The summed E-state index contributed by atoms with van der Waals surface area (Å²) < 4.78 is 5.28. The molecule has 0 saturated carbocycles. The molecule has 0 amide bonds. The number of hydrogen-bond donors (Lipinski definition) is 1. The van der Waals surface area contributed by atoms with Gasteiger partial charge in [-0.1, -0.05) is 41.5 Å². The van der Waals surface area contributed by atoms with Crippen LogP contribution in [0.2, 0.25) is 0 Å². The van der Waals surface area contributed by atoms with E-state index in [0.29, 0.717) is 23.4 Å². The van der Waals surface area contributed by atoms with Gasteiger partial charge in [0.1, 0.15) is 0 Å². The van der Waals surface area contributed by atoms with Gasteiger partial charge >= 0.3 is 0 Å². The minimum Gasteiger partial charge on any atom is -0.385 e. The molecule has 1 saturated heterocycles. The number of rotatable bonds is 8. The smallest absolute Gasteiger partial charge is 0.0467 e. The molecule has 1 rings (SSSR count). The van der Waals surface area contributed by atoms with Gasteiger partial charge in [-0.2, -0.15) is 0 Å². The highest BCUT2D eigenvalue weighted by Gasteiger charge is 2.33. The van der Waals surface area contributed by atoms with Gasteiger partial charge in [0.15, 0.2) is 0 Å². The van der Waals surface area contributed by atoms with Crippen molar-refractivity contribution in [3.8, 4) is 0 Å². The standard InChI is InChI=1S/C18H38N2O/c1-14(2)10-16-12-20(17(11-19-16)15(3)4)13-18(5,6)8-9-21-7/h14-17,19H,8-13H2,1-7H3. The van der Waals surface area contributed by atoms with Crippen molar-refractivity contribution in [2.75, 3.05) is 33.4 Å². The molecular formula is C18H38N2O. The molecule has 1 fully saturated rings. The van der Waals surface area contributed by atoms with Gasteiger partial charge in [0, 0.05) is 45.4 Å². The molecule has 0 aliphatic carbocycles. The van der Waals surface area contributed by atoms with Gasteiger partial charge in [-0.3, -0.25) is 4.90 Å². The molecular weight excluding hydrogens is 260 g/mol. The second-order valence-electron chi connectivity index (χ2n) is 8.38. The summed E-state index contributed by atoms with van der Waals surface area (Å²) in [5, 5.41) is 3.77. The van der Waals surface area contributed by atoms with E-state index in [1.54, 1.807) is 7.11 Å². The molecule has 0 radical (unpaired) electrons. The summed E-state index contributed by atoms with van der Waals surface area (Å²) in [5.74, 6) is 1.47. The molecule has 0 aromatic carbocycles. The van der Waals surface area contributed by atoms with Crippen molar-refractivity contribution in [3.05, 3.63) is 0 Å². The van der Waals surface area contributed by atoms with Gasteiger partial charge in [0.25, 0.3) is 0 Å². The Morgan fingerprint density at radius 3 is 2.43 bits per heavy atom. The molecule has 3 nitrogen and oxygen atoms in total. The average molecular weight is 299 g/mol. The lowest BCUT2D eigenvalue weighted by Crippen LogP contribution is -2.60. The molecule has 126 valence electrons. The Hall–Kier alpha value is -0.120. The molecule has 2 unspecified atom stereocenters. The fraction of sp³-hybridized carbons (Fsp3) is 1.00. The Labute approximate surface area is 132 Å². The summed E-state index contributed by atoms with van der Waals surface area (Å²) in [5.41, 5.74) is 0.322. The van der Waals surface area contributed by atoms with Gasteiger partial charge < -0.3 is 10.1 Å². The zero-order valence-electron chi connectivity index (χ0n) is 15.4. The fourth-order valence-electron chi connectivity index (χ4n) is 3.47. The number of ether oxygens (including phenoxy) is 1. The van der Waals surface area contributed by atoms with Crippen LogP contribution in [0.1, 0.15) is 54.4 Å². The third kappa shape index (κ3) is 6.66. The number of piperazine rings is 1. The summed E-state index contributed by atoms with van der Waals surface area (Å²) >= 11 is 0. The van der Waals surface area contributed by atoms with Crippen LogP contribution in [0.5, 0.6) is 0 Å². The molecule has 0 aromatic rings. The van der Waals surface area contributed by atoms with E-state index < -0.39 is 0 Å². The topological polar surface area (TPSA) is 24.5 Å². The van der Waals surface area contributed by atoms with Gasteiger partial charge in [0.05, 0.1) is 0 Å². The maximum absolute atomic E-state index is 5.28. The van der Waals surface area contributed by atoms with Gasteiger partial charge in [-0.15, -0.1) is 0 Å². The highest BCUT2D eigenvalue weighted by Crippen LogP contribution is 2.27. The zero-order chi connectivity index (χ0) is 16.0. The molecule has 21 heavy (non-hydrogen) atoms. The number of hydrogen-bond acceptors (Lipinski definition) is 3. The Morgan fingerprint density at radius 1 is 1.24 bits per heavy atom. The minimum atomic E-state index is 0.322. The quantitative estimate of drug-likeness (QED) is 0.743. The van der Waals surface area contributed by atoms with Crippen molar-refractivity contribution >= 4 is 0 Å². The van der Waals surface area contributed by atoms with Crippen molar-refractivity contribution in [2.24, 2.45) is 17.3 Å². The lowest BCUT2D eigenvalue weighted by molar-refractivity contribution is 0.0436.